The van der Waals surface area contributed by atoms with Gasteiger partial charge in [-0.05, 0) is 91.7 Å². The third-order valence-electron chi connectivity index (χ3n) is 11.5. The van der Waals surface area contributed by atoms with Crippen LogP contribution in [0.1, 0.15) is 79.6 Å². The zero-order valence-electron chi connectivity index (χ0n) is 33.4. The van der Waals surface area contributed by atoms with Gasteiger partial charge < -0.3 is 49.5 Å². The van der Waals surface area contributed by atoms with E-state index in [0.717, 1.165) is 38.0 Å². The molecule has 13 nitrogen and oxygen atoms in total. The molecule has 2 saturated heterocycles. The van der Waals surface area contributed by atoms with Gasteiger partial charge in [0.2, 0.25) is 0 Å². The minimum absolute atomic E-state index is 0.0460. The summed E-state index contributed by atoms with van der Waals surface area (Å²) in [5.74, 6) is -2.19. The summed E-state index contributed by atoms with van der Waals surface area (Å²) in [5.41, 5.74) is 0.816. The van der Waals surface area contributed by atoms with Crippen LogP contribution in [0, 0.1) is 23.7 Å². The first kappa shape index (κ1) is 45.6. The maximum atomic E-state index is 13.7. The Labute approximate surface area is 317 Å². The molecule has 0 amide bonds. The molecule has 0 saturated carbocycles. The molecule has 3 aliphatic rings. The van der Waals surface area contributed by atoms with Gasteiger partial charge in [-0.25, -0.2) is 0 Å². The molecule has 0 aliphatic carbocycles. The predicted octanol–water partition coefficient (Wildman–Crippen LogP) is 1.98. The monoisotopic (exact) mass is 754 g/mol. The van der Waals surface area contributed by atoms with Crippen molar-refractivity contribution in [2.75, 3.05) is 66.6 Å². The molecule has 13 heteroatoms. The van der Waals surface area contributed by atoms with Crippen LogP contribution in [0.25, 0.3) is 0 Å². The number of ether oxygens (including phenoxy) is 3. The molecule has 7 unspecified atom stereocenters. The van der Waals surface area contributed by atoms with Crippen molar-refractivity contribution < 1.29 is 49.3 Å². The number of aliphatic hydroxyl groups is 5. The highest BCUT2D eigenvalue weighted by Gasteiger charge is 2.47. The van der Waals surface area contributed by atoms with E-state index in [1.807, 2.05) is 38.7 Å². The van der Waals surface area contributed by atoms with Crippen molar-refractivity contribution in [1.29, 1.82) is 0 Å². The van der Waals surface area contributed by atoms with Crippen LogP contribution in [0.15, 0.2) is 23.8 Å². The lowest BCUT2D eigenvalue weighted by atomic mass is 9.79. The fourth-order valence-electron chi connectivity index (χ4n) is 8.26. The molecular weight excluding hydrogens is 682 g/mol. The number of rotatable bonds is 13. The molecule has 0 aromatic rings. The summed E-state index contributed by atoms with van der Waals surface area (Å²) in [6, 6.07) is -0.663. The molecule has 306 valence electrons. The SMILES string of the molecule is CCC1OC(=O)CC(O)C(C)C(O[C@@H]2O[C@H](C)[C@@H](O)[C@H](N(C)C)[C@H]2O)C(CCN2CCCCC2)CC(C)C(=O)C=CC(C)=CC1CN(CCO)CCO. The van der Waals surface area contributed by atoms with Crippen molar-refractivity contribution in [3.8, 4) is 0 Å². The molecular formula is C40H71N3O10. The van der Waals surface area contributed by atoms with Crippen LogP contribution in [0.5, 0.6) is 0 Å². The second kappa shape index (κ2) is 22.7. The summed E-state index contributed by atoms with van der Waals surface area (Å²) in [5, 5.41) is 53.5. The van der Waals surface area contributed by atoms with Crippen molar-refractivity contribution in [3.05, 3.63) is 23.8 Å². The van der Waals surface area contributed by atoms with Gasteiger partial charge in [-0.3, -0.25) is 14.5 Å². The largest absolute Gasteiger partial charge is 0.462 e. The summed E-state index contributed by atoms with van der Waals surface area (Å²) in [6.07, 6.45) is 3.73. The van der Waals surface area contributed by atoms with Crippen molar-refractivity contribution in [2.45, 2.75) is 129 Å². The van der Waals surface area contributed by atoms with Crippen LogP contribution in [-0.4, -0.2) is 168 Å². The highest BCUT2D eigenvalue weighted by Crippen LogP contribution is 2.35. The maximum Gasteiger partial charge on any atom is 0.308 e. The van der Waals surface area contributed by atoms with Crippen molar-refractivity contribution in [1.82, 2.24) is 14.7 Å². The molecule has 12 atom stereocenters. The van der Waals surface area contributed by atoms with Gasteiger partial charge in [0.05, 0.1) is 50.1 Å². The molecule has 3 aliphatic heterocycles. The smallest absolute Gasteiger partial charge is 0.308 e. The molecule has 53 heavy (non-hydrogen) atoms. The van der Waals surface area contributed by atoms with Crippen molar-refractivity contribution >= 4 is 11.8 Å². The van der Waals surface area contributed by atoms with Gasteiger partial charge in [-0.15, -0.1) is 0 Å². The first-order chi connectivity index (χ1) is 25.2. The van der Waals surface area contributed by atoms with Gasteiger partial charge in [-0.1, -0.05) is 44.9 Å². The van der Waals surface area contributed by atoms with Crippen LogP contribution in [0.4, 0.5) is 0 Å². The third kappa shape index (κ3) is 13.7. The lowest BCUT2D eigenvalue weighted by molar-refractivity contribution is -0.304. The molecule has 0 aromatic heterocycles. The molecule has 3 rings (SSSR count). The summed E-state index contributed by atoms with van der Waals surface area (Å²) >= 11 is 0. The normalized spacial score (nSPS) is 36.2. The van der Waals surface area contributed by atoms with E-state index in [1.165, 1.54) is 6.42 Å². The molecule has 0 aromatic carbocycles. The summed E-state index contributed by atoms with van der Waals surface area (Å²) in [4.78, 5) is 33.4. The van der Waals surface area contributed by atoms with Crippen LogP contribution >= 0.6 is 0 Å². The lowest BCUT2D eigenvalue weighted by Gasteiger charge is -2.47. The van der Waals surface area contributed by atoms with E-state index in [1.54, 1.807) is 38.1 Å². The number of carbonyl (C=O) groups is 2. The van der Waals surface area contributed by atoms with E-state index >= 15 is 0 Å². The Balaban J connectivity index is 2.04. The maximum absolute atomic E-state index is 13.7. The Hall–Kier alpha value is -1.78. The van der Waals surface area contributed by atoms with E-state index < -0.39 is 66.8 Å². The summed E-state index contributed by atoms with van der Waals surface area (Å²) < 4.78 is 18.9. The fourth-order valence-corrected chi connectivity index (χ4v) is 8.26. The van der Waals surface area contributed by atoms with Crippen molar-refractivity contribution in [2.24, 2.45) is 23.7 Å². The Morgan fingerprint density at radius 1 is 0.962 bits per heavy atom. The topological polar surface area (TPSA) is 173 Å². The van der Waals surface area contributed by atoms with Crippen LogP contribution in [0.2, 0.25) is 0 Å². The van der Waals surface area contributed by atoms with E-state index in [0.29, 0.717) is 38.9 Å². The lowest BCUT2D eigenvalue weighted by Crippen LogP contribution is -2.63. The van der Waals surface area contributed by atoms with E-state index in [2.05, 4.69) is 4.90 Å². The fraction of sp³-hybridized carbons (Fsp3) is 0.850. The van der Waals surface area contributed by atoms with E-state index in [9.17, 15) is 35.1 Å². The van der Waals surface area contributed by atoms with Crippen molar-refractivity contribution in [3.63, 3.8) is 0 Å². The zero-order chi connectivity index (χ0) is 39.2. The first-order valence-corrected chi connectivity index (χ1v) is 20.0. The van der Waals surface area contributed by atoms with Crippen LogP contribution in [-0.2, 0) is 23.8 Å². The minimum Gasteiger partial charge on any atom is -0.462 e. The molecule has 3 heterocycles. The highest BCUT2D eigenvalue weighted by molar-refractivity contribution is 5.91. The predicted molar refractivity (Wildman–Crippen MR) is 203 cm³/mol. The number of nitrogens with zero attached hydrogens (tertiary/aromatic N) is 3. The first-order valence-electron chi connectivity index (χ1n) is 20.0. The van der Waals surface area contributed by atoms with E-state index in [4.69, 9.17) is 14.2 Å². The van der Waals surface area contributed by atoms with Gasteiger partial charge in [0.25, 0.3) is 0 Å². The zero-order valence-corrected chi connectivity index (χ0v) is 33.4. The van der Waals surface area contributed by atoms with Gasteiger partial charge in [0, 0.05) is 37.4 Å². The Morgan fingerprint density at radius 3 is 2.23 bits per heavy atom. The molecule has 5 N–H and O–H groups in total. The van der Waals surface area contributed by atoms with Gasteiger partial charge in [0.15, 0.2) is 12.1 Å². The number of likely N-dealkylation sites (tertiary alicyclic amines) is 1. The number of carbonyl (C=O) groups excluding carboxylic acids is 2. The quantitative estimate of drug-likeness (QED) is 0.173. The number of esters is 1. The summed E-state index contributed by atoms with van der Waals surface area (Å²) in [7, 11) is 3.56. The number of aliphatic hydroxyl groups excluding tert-OH is 5. The average Bonchev–Trinajstić information content (AvgIpc) is 3.11. The van der Waals surface area contributed by atoms with Gasteiger partial charge in [-0.2, -0.15) is 0 Å². The summed E-state index contributed by atoms with van der Waals surface area (Å²) in [6.45, 7) is 12.9. The van der Waals surface area contributed by atoms with E-state index in [-0.39, 0.29) is 37.3 Å². The molecule has 0 bridgehead atoms. The third-order valence-corrected chi connectivity index (χ3v) is 11.5. The number of cyclic esters (lactones) is 1. The standard InChI is InChI=1S/C40H71N3O10/c1-8-34-31(25-43(18-20-44)19-21-45)22-26(2)12-13-32(46)27(3)23-30(14-17-42-15-10-9-11-16-42)39(28(4)33(47)24-35(48)52-34)53-40-38(50)36(41(6)7)37(49)29(5)51-40/h12-13,22,27-31,33-34,36-40,44-45,47,49-50H,8-11,14-21,23-25H2,1-7H3/t27?,28?,29-,30?,31?,33?,34?,36+,37-,38-,39?,40+/m1/s1. The number of likely N-dealkylation sites (N-methyl/N-ethyl adjacent to an activating group) is 1. The van der Waals surface area contributed by atoms with Crippen LogP contribution in [0.3, 0.4) is 0 Å². The Kier molecular flexibility index (Phi) is 19.5. The molecule has 2 fully saturated rings. The van der Waals surface area contributed by atoms with Crippen LogP contribution < -0.4 is 0 Å². The number of hydrogen-bond donors (Lipinski definition) is 5. The van der Waals surface area contributed by atoms with Gasteiger partial charge in [0.1, 0.15) is 12.2 Å². The molecule has 0 radical (unpaired) electrons. The highest BCUT2D eigenvalue weighted by atomic mass is 16.7. The average molecular weight is 754 g/mol. The Morgan fingerprint density at radius 2 is 1.62 bits per heavy atom. The number of piperidine rings is 1. The number of ketones is 1. The second-order valence-electron chi connectivity index (χ2n) is 16.0. The Bertz CT molecular complexity index is 1160. The second-order valence-corrected chi connectivity index (χ2v) is 16.0. The molecule has 0 spiro atoms. The minimum atomic E-state index is -1.20. The number of hydrogen-bond acceptors (Lipinski definition) is 13. The number of allylic oxidation sites excluding steroid dienone is 3. The van der Waals surface area contributed by atoms with Gasteiger partial charge >= 0.3 is 5.97 Å².